The van der Waals surface area contributed by atoms with Gasteiger partial charge in [-0.3, -0.25) is 4.90 Å². The molecule has 1 fully saturated rings. The number of hydrogen-bond acceptors (Lipinski definition) is 2. The summed E-state index contributed by atoms with van der Waals surface area (Å²) in [6.07, 6.45) is -1.32. The molecule has 154 valence electrons. The highest BCUT2D eigenvalue weighted by molar-refractivity contribution is 6.32. The second-order valence-electron chi connectivity index (χ2n) is 7.87. The number of H-pyrrole nitrogens is 1. The summed E-state index contributed by atoms with van der Waals surface area (Å²) in [6, 6.07) is 8.52. The quantitative estimate of drug-likeness (QED) is 0.518. The third-order valence-electron chi connectivity index (χ3n) is 5.70. The van der Waals surface area contributed by atoms with Gasteiger partial charge in [-0.05, 0) is 68.1 Å². The molecule has 1 aliphatic heterocycles. The van der Waals surface area contributed by atoms with E-state index in [4.69, 9.17) is 16.6 Å². The van der Waals surface area contributed by atoms with Crippen molar-refractivity contribution in [1.29, 1.82) is 0 Å². The molecule has 1 unspecified atom stereocenters. The third kappa shape index (κ3) is 4.14. The van der Waals surface area contributed by atoms with Gasteiger partial charge in [-0.2, -0.15) is 13.2 Å². The van der Waals surface area contributed by atoms with Crippen molar-refractivity contribution in [1.82, 2.24) is 14.9 Å². The summed E-state index contributed by atoms with van der Waals surface area (Å²) in [5, 5.41) is 0.676. The number of rotatable bonds is 3. The van der Waals surface area contributed by atoms with E-state index < -0.39 is 11.7 Å². The van der Waals surface area contributed by atoms with Gasteiger partial charge in [-0.25, -0.2) is 4.98 Å². The van der Waals surface area contributed by atoms with E-state index >= 15 is 0 Å². The van der Waals surface area contributed by atoms with E-state index in [1.54, 1.807) is 12.1 Å². The van der Waals surface area contributed by atoms with Gasteiger partial charge in [0.1, 0.15) is 5.82 Å². The number of fused-ring (bicyclic) bond motifs is 1. The molecule has 0 spiro atoms. The van der Waals surface area contributed by atoms with Crippen LogP contribution in [0.3, 0.4) is 0 Å². The number of nitrogens with one attached hydrogen (secondary N) is 1. The van der Waals surface area contributed by atoms with E-state index in [0.717, 1.165) is 48.2 Å². The molecule has 1 saturated heterocycles. The molecule has 0 aliphatic carbocycles. The fraction of sp³-hybridized carbons (Fsp3) is 0.409. The van der Waals surface area contributed by atoms with Crippen molar-refractivity contribution in [3.8, 4) is 0 Å². The summed E-state index contributed by atoms with van der Waals surface area (Å²) in [7, 11) is 0. The SMILES string of the molecule is Cc1cc2[nH]c(C3CCCCN3Cc3ccc(C)c(C(F)(F)F)c3)nc2cc1Cl. The van der Waals surface area contributed by atoms with Crippen LogP contribution in [-0.4, -0.2) is 21.4 Å². The maximum absolute atomic E-state index is 13.3. The molecule has 0 amide bonds. The van der Waals surface area contributed by atoms with Crippen molar-refractivity contribution in [3.05, 3.63) is 63.4 Å². The maximum atomic E-state index is 13.3. The van der Waals surface area contributed by atoms with Crippen LogP contribution in [0.4, 0.5) is 13.2 Å². The number of nitrogens with zero attached hydrogens (tertiary/aromatic N) is 2. The van der Waals surface area contributed by atoms with Crippen LogP contribution in [0.25, 0.3) is 11.0 Å². The average Bonchev–Trinajstić information content (AvgIpc) is 3.05. The molecule has 1 N–H and O–H groups in total. The molecule has 3 aromatic rings. The van der Waals surface area contributed by atoms with E-state index in [2.05, 4.69) is 9.88 Å². The largest absolute Gasteiger partial charge is 0.416 e. The predicted molar refractivity (Wildman–Crippen MR) is 109 cm³/mol. The van der Waals surface area contributed by atoms with Crippen molar-refractivity contribution in [3.63, 3.8) is 0 Å². The number of imidazole rings is 1. The molecule has 2 aromatic carbocycles. The lowest BCUT2D eigenvalue weighted by atomic mass is 9.99. The Balaban J connectivity index is 1.63. The van der Waals surface area contributed by atoms with Crippen molar-refractivity contribution >= 4 is 22.6 Å². The van der Waals surface area contributed by atoms with Crippen molar-refractivity contribution < 1.29 is 13.2 Å². The van der Waals surface area contributed by atoms with E-state index in [9.17, 15) is 13.2 Å². The number of aryl methyl sites for hydroxylation is 2. The molecule has 3 nitrogen and oxygen atoms in total. The Morgan fingerprint density at radius 2 is 1.93 bits per heavy atom. The van der Waals surface area contributed by atoms with E-state index in [1.807, 2.05) is 19.1 Å². The number of alkyl halides is 3. The minimum Gasteiger partial charge on any atom is -0.341 e. The normalized spacial score (nSPS) is 18.5. The molecule has 1 atom stereocenters. The maximum Gasteiger partial charge on any atom is 0.416 e. The van der Waals surface area contributed by atoms with Crippen molar-refractivity contribution in [2.75, 3.05) is 6.54 Å². The standard InChI is InChI=1S/C22H23ClF3N3/c1-13-6-7-15(10-16(13)22(24,25)26)12-29-8-4-3-5-20(29)21-27-18-9-14(2)17(23)11-19(18)28-21/h6-7,9-11,20H,3-5,8,12H2,1-2H3,(H,27,28). The van der Waals surface area contributed by atoms with Crippen molar-refractivity contribution in [2.45, 2.75) is 51.9 Å². The lowest BCUT2D eigenvalue weighted by Crippen LogP contribution is -2.33. The highest BCUT2D eigenvalue weighted by Crippen LogP contribution is 2.35. The monoisotopic (exact) mass is 421 g/mol. The first-order valence-corrected chi connectivity index (χ1v) is 10.2. The van der Waals surface area contributed by atoms with Gasteiger partial charge < -0.3 is 4.98 Å². The van der Waals surface area contributed by atoms with Gasteiger partial charge in [0, 0.05) is 11.6 Å². The van der Waals surface area contributed by atoms with E-state index in [-0.39, 0.29) is 11.6 Å². The summed E-state index contributed by atoms with van der Waals surface area (Å²) in [4.78, 5) is 10.4. The molecule has 4 rings (SSSR count). The third-order valence-corrected chi connectivity index (χ3v) is 6.11. The number of piperidine rings is 1. The smallest absolute Gasteiger partial charge is 0.341 e. The molecule has 1 aromatic heterocycles. The zero-order valence-electron chi connectivity index (χ0n) is 16.4. The molecular weight excluding hydrogens is 399 g/mol. The average molecular weight is 422 g/mol. The molecule has 0 saturated carbocycles. The number of aromatic nitrogens is 2. The summed E-state index contributed by atoms with van der Waals surface area (Å²) >= 11 is 6.23. The first kappa shape index (κ1) is 20.2. The predicted octanol–water partition coefficient (Wildman–Crippen LogP) is 6.58. The first-order valence-electron chi connectivity index (χ1n) is 9.79. The van der Waals surface area contributed by atoms with Crippen LogP contribution in [-0.2, 0) is 12.7 Å². The number of benzene rings is 2. The van der Waals surface area contributed by atoms with Gasteiger partial charge in [0.05, 0.1) is 22.6 Å². The summed E-state index contributed by atoms with van der Waals surface area (Å²) in [6.45, 7) is 4.74. The Morgan fingerprint density at radius 3 is 2.69 bits per heavy atom. The fourth-order valence-corrected chi connectivity index (χ4v) is 4.27. The zero-order chi connectivity index (χ0) is 20.8. The first-order chi connectivity index (χ1) is 13.7. The second-order valence-corrected chi connectivity index (χ2v) is 8.28. The Kier molecular flexibility index (Phi) is 5.34. The Bertz CT molecular complexity index is 1000. The zero-order valence-corrected chi connectivity index (χ0v) is 17.2. The Morgan fingerprint density at radius 1 is 1.14 bits per heavy atom. The highest BCUT2D eigenvalue weighted by atomic mass is 35.5. The number of likely N-dealkylation sites (tertiary alicyclic amines) is 1. The van der Waals surface area contributed by atoms with Crippen LogP contribution in [0.15, 0.2) is 30.3 Å². The van der Waals surface area contributed by atoms with Gasteiger partial charge in [0.15, 0.2) is 0 Å². The summed E-state index contributed by atoms with van der Waals surface area (Å²) in [5.41, 5.74) is 3.09. The number of aromatic amines is 1. The van der Waals surface area contributed by atoms with Crippen LogP contribution in [0.2, 0.25) is 5.02 Å². The molecule has 2 heterocycles. The van der Waals surface area contributed by atoms with E-state index in [1.165, 1.54) is 13.0 Å². The van der Waals surface area contributed by atoms with Crippen molar-refractivity contribution in [2.24, 2.45) is 0 Å². The van der Waals surface area contributed by atoms with Gasteiger partial charge in [0.2, 0.25) is 0 Å². The van der Waals surface area contributed by atoms with Crippen LogP contribution >= 0.6 is 11.6 Å². The van der Waals surface area contributed by atoms with Gasteiger partial charge in [-0.15, -0.1) is 0 Å². The van der Waals surface area contributed by atoms with Crippen LogP contribution in [0.1, 0.15) is 53.4 Å². The minimum absolute atomic E-state index is 0.0471. The lowest BCUT2D eigenvalue weighted by Gasteiger charge is -2.34. The molecule has 1 aliphatic rings. The van der Waals surface area contributed by atoms with Crippen LogP contribution in [0.5, 0.6) is 0 Å². The minimum atomic E-state index is -4.34. The molecule has 0 radical (unpaired) electrons. The molecule has 7 heteroatoms. The molecule has 0 bridgehead atoms. The molecular formula is C22H23ClF3N3. The molecule has 29 heavy (non-hydrogen) atoms. The summed E-state index contributed by atoms with van der Waals surface area (Å²) < 4.78 is 39.9. The second kappa shape index (κ2) is 7.65. The highest BCUT2D eigenvalue weighted by Gasteiger charge is 2.33. The number of hydrogen-bond donors (Lipinski definition) is 1. The summed E-state index contributed by atoms with van der Waals surface area (Å²) in [5.74, 6) is 0.851. The van der Waals surface area contributed by atoms with Crippen LogP contribution < -0.4 is 0 Å². The van der Waals surface area contributed by atoms with Gasteiger partial charge >= 0.3 is 6.18 Å². The lowest BCUT2D eigenvalue weighted by molar-refractivity contribution is -0.138. The Labute approximate surface area is 172 Å². The Hall–Kier alpha value is -2.05. The topological polar surface area (TPSA) is 31.9 Å². The van der Waals surface area contributed by atoms with Gasteiger partial charge in [-0.1, -0.05) is 30.2 Å². The van der Waals surface area contributed by atoms with E-state index in [0.29, 0.717) is 17.1 Å². The van der Waals surface area contributed by atoms with Crippen LogP contribution in [0, 0.1) is 13.8 Å². The van der Waals surface area contributed by atoms with Gasteiger partial charge in [0.25, 0.3) is 0 Å². The fourth-order valence-electron chi connectivity index (χ4n) is 4.11. The number of halogens is 4.